The van der Waals surface area contributed by atoms with Crippen LogP contribution >= 0.6 is 0 Å². The van der Waals surface area contributed by atoms with Crippen LogP contribution in [-0.2, 0) is 11.2 Å². The Morgan fingerprint density at radius 1 is 1.30 bits per heavy atom. The first-order chi connectivity index (χ1) is 9.79. The van der Waals surface area contributed by atoms with Gasteiger partial charge in [-0.05, 0) is 56.2 Å². The van der Waals surface area contributed by atoms with E-state index in [1.807, 2.05) is 7.05 Å². The van der Waals surface area contributed by atoms with E-state index in [0.29, 0.717) is 12.5 Å². The molecule has 0 saturated heterocycles. The van der Waals surface area contributed by atoms with E-state index in [0.717, 1.165) is 12.8 Å². The maximum atomic E-state index is 9.77. The molecule has 2 N–H and O–H groups in total. The minimum Gasteiger partial charge on any atom is -0.394 e. The first-order valence-electron chi connectivity index (χ1n) is 7.78. The molecule has 2 atom stereocenters. The molecule has 1 aromatic carbocycles. The molecular formula is C17H25NO2. The van der Waals surface area contributed by atoms with Gasteiger partial charge in [0, 0.05) is 0 Å². The number of aryl methyl sites for hydroxylation is 1. The van der Waals surface area contributed by atoms with Gasteiger partial charge in [0.1, 0.15) is 0 Å². The van der Waals surface area contributed by atoms with Crippen molar-refractivity contribution in [2.75, 3.05) is 20.3 Å². The van der Waals surface area contributed by atoms with Crippen molar-refractivity contribution in [3.8, 4) is 0 Å². The summed E-state index contributed by atoms with van der Waals surface area (Å²) in [7, 11) is 1.94. The first kappa shape index (κ1) is 14.1. The molecule has 2 unspecified atom stereocenters. The summed E-state index contributed by atoms with van der Waals surface area (Å²) in [6, 6.07) is 8.61. The maximum Gasteiger partial charge on any atom is 0.0828 e. The van der Waals surface area contributed by atoms with Gasteiger partial charge in [-0.1, -0.05) is 24.3 Å². The van der Waals surface area contributed by atoms with E-state index < -0.39 is 0 Å². The molecule has 3 heteroatoms. The summed E-state index contributed by atoms with van der Waals surface area (Å²) in [4.78, 5) is 0. The van der Waals surface area contributed by atoms with Gasteiger partial charge >= 0.3 is 0 Å². The Balaban J connectivity index is 1.69. The fourth-order valence-electron chi connectivity index (χ4n) is 3.42. The number of likely N-dealkylation sites (N-methyl/N-ethyl adjacent to an activating group) is 1. The Kier molecular flexibility index (Phi) is 4.11. The van der Waals surface area contributed by atoms with Crippen LogP contribution in [0.3, 0.4) is 0 Å². The van der Waals surface area contributed by atoms with Crippen molar-refractivity contribution in [1.82, 2.24) is 5.32 Å². The second-order valence-electron chi connectivity index (χ2n) is 6.23. The number of rotatable bonds is 6. The molecule has 1 saturated carbocycles. The van der Waals surface area contributed by atoms with Crippen LogP contribution in [0.1, 0.15) is 42.9 Å². The largest absolute Gasteiger partial charge is 0.394 e. The molecule has 2 aliphatic rings. The number of aliphatic hydroxyl groups is 1. The lowest BCUT2D eigenvalue weighted by molar-refractivity contribution is -0.0233. The van der Waals surface area contributed by atoms with E-state index in [2.05, 4.69) is 29.6 Å². The Hall–Kier alpha value is -0.900. The third-order valence-corrected chi connectivity index (χ3v) is 5.00. The molecule has 3 rings (SSSR count). The van der Waals surface area contributed by atoms with Crippen LogP contribution in [0.4, 0.5) is 0 Å². The van der Waals surface area contributed by atoms with Crippen LogP contribution in [-0.4, -0.2) is 30.9 Å². The van der Waals surface area contributed by atoms with Crippen LogP contribution < -0.4 is 5.32 Å². The lowest BCUT2D eigenvalue weighted by atomic mass is 9.89. The van der Waals surface area contributed by atoms with Crippen molar-refractivity contribution in [1.29, 1.82) is 0 Å². The van der Waals surface area contributed by atoms with Gasteiger partial charge in [0.15, 0.2) is 0 Å². The lowest BCUT2D eigenvalue weighted by Gasteiger charge is -2.35. The standard InChI is InChI=1S/C17H25NO2/c1-18-17(11-19,14-9-10-14)12-20-16-8-4-6-13-5-2-3-7-15(13)16/h2-3,5,7,14,16,18-19H,4,6,8-12H2,1H3. The van der Waals surface area contributed by atoms with Crippen LogP contribution in [0.25, 0.3) is 0 Å². The first-order valence-corrected chi connectivity index (χ1v) is 7.78. The number of hydrogen-bond donors (Lipinski definition) is 2. The SMILES string of the molecule is CNC(CO)(COC1CCCc2ccccc21)C1CC1. The average molecular weight is 275 g/mol. The van der Waals surface area contributed by atoms with Crippen LogP contribution in [0.5, 0.6) is 0 Å². The fourth-order valence-corrected chi connectivity index (χ4v) is 3.42. The number of ether oxygens (including phenoxy) is 1. The number of nitrogens with one attached hydrogen (secondary N) is 1. The quantitative estimate of drug-likeness (QED) is 0.838. The fraction of sp³-hybridized carbons (Fsp3) is 0.647. The molecule has 20 heavy (non-hydrogen) atoms. The minimum absolute atomic E-state index is 0.155. The monoisotopic (exact) mass is 275 g/mol. The van der Waals surface area contributed by atoms with Gasteiger partial charge in [0.25, 0.3) is 0 Å². The summed E-state index contributed by atoms with van der Waals surface area (Å²) in [5.41, 5.74) is 2.53. The number of aliphatic hydroxyl groups excluding tert-OH is 1. The van der Waals surface area contributed by atoms with Gasteiger partial charge in [-0.2, -0.15) is 0 Å². The van der Waals surface area contributed by atoms with Crippen LogP contribution in [0.2, 0.25) is 0 Å². The molecule has 0 spiro atoms. The highest BCUT2D eigenvalue weighted by atomic mass is 16.5. The zero-order chi connectivity index (χ0) is 14.0. The zero-order valence-corrected chi connectivity index (χ0v) is 12.3. The molecule has 1 fully saturated rings. The van der Waals surface area contributed by atoms with Gasteiger partial charge in [0.05, 0.1) is 24.9 Å². The highest BCUT2D eigenvalue weighted by molar-refractivity contribution is 5.31. The average Bonchev–Trinajstić information content (AvgIpc) is 3.34. The van der Waals surface area contributed by atoms with Gasteiger partial charge in [-0.15, -0.1) is 0 Å². The van der Waals surface area contributed by atoms with Crippen molar-refractivity contribution in [3.63, 3.8) is 0 Å². The Morgan fingerprint density at radius 3 is 2.80 bits per heavy atom. The summed E-state index contributed by atoms with van der Waals surface area (Å²) in [5, 5.41) is 13.1. The van der Waals surface area contributed by atoms with E-state index in [1.54, 1.807) is 0 Å². The molecule has 2 aliphatic carbocycles. The molecule has 0 heterocycles. The van der Waals surface area contributed by atoms with E-state index in [9.17, 15) is 5.11 Å². The van der Waals surface area contributed by atoms with Gasteiger partial charge in [-0.25, -0.2) is 0 Å². The number of benzene rings is 1. The Morgan fingerprint density at radius 2 is 2.10 bits per heavy atom. The third-order valence-electron chi connectivity index (χ3n) is 5.00. The van der Waals surface area contributed by atoms with Crippen molar-refractivity contribution < 1.29 is 9.84 Å². The van der Waals surface area contributed by atoms with Crippen molar-refractivity contribution in [2.45, 2.75) is 43.7 Å². The third kappa shape index (κ3) is 2.62. The van der Waals surface area contributed by atoms with E-state index in [1.165, 1.54) is 30.4 Å². The molecule has 0 bridgehead atoms. The maximum absolute atomic E-state index is 9.77. The summed E-state index contributed by atoms with van der Waals surface area (Å²) >= 11 is 0. The zero-order valence-electron chi connectivity index (χ0n) is 12.3. The normalized spacial score (nSPS) is 25.0. The molecule has 0 aromatic heterocycles. The predicted molar refractivity (Wildman–Crippen MR) is 79.7 cm³/mol. The summed E-state index contributed by atoms with van der Waals surface area (Å²) in [6.45, 7) is 0.756. The van der Waals surface area contributed by atoms with Gasteiger partial charge < -0.3 is 15.2 Å². The molecule has 0 radical (unpaired) electrons. The van der Waals surface area contributed by atoms with E-state index in [4.69, 9.17) is 4.74 Å². The smallest absolute Gasteiger partial charge is 0.0828 e. The highest BCUT2D eigenvalue weighted by Crippen LogP contribution is 2.41. The van der Waals surface area contributed by atoms with Crippen molar-refractivity contribution in [2.24, 2.45) is 5.92 Å². The predicted octanol–water partition coefficient (Wildman–Crippen LogP) is 2.44. The summed E-state index contributed by atoms with van der Waals surface area (Å²) in [6.07, 6.45) is 6.04. The van der Waals surface area contributed by atoms with Gasteiger partial charge in [-0.3, -0.25) is 0 Å². The van der Waals surface area contributed by atoms with E-state index >= 15 is 0 Å². The number of hydrogen-bond acceptors (Lipinski definition) is 3. The lowest BCUT2D eigenvalue weighted by Crippen LogP contribution is -2.52. The van der Waals surface area contributed by atoms with Crippen LogP contribution in [0.15, 0.2) is 24.3 Å². The Bertz CT molecular complexity index is 452. The topological polar surface area (TPSA) is 41.5 Å². The van der Waals surface area contributed by atoms with Gasteiger partial charge in [0.2, 0.25) is 0 Å². The molecule has 110 valence electrons. The molecule has 1 aromatic rings. The highest BCUT2D eigenvalue weighted by Gasteiger charge is 2.44. The summed E-state index contributed by atoms with van der Waals surface area (Å²) in [5.74, 6) is 0.566. The molecular weight excluding hydrogens is 250 g/mol. The molecule has 3 nitrogen and oxygen atoms in total. The molecule has 0 amide bonds. The summed E-state index contributed by atoms with van der Waals surface area (Å²) < 4.78 is 6.24. The molecule has 0 aliphatic heterocycles. The second-order valence-corrected chi connectivity index (χ2v) is 6.23. The van der Waals surface area contributed by atoms with Crippen molar-refractivity contribution >= 4 is 0 Å². The minimum atomic E-state index is -0.244. The van der Waals surface area contributed by atoms with Crippen LogP contribution in [0, 0.1) is 5.92 Å². The Labute approximate surface area is 121 Å². The van der Waals surface area contributed by atoms with Crippen molar-refractivity contribution in [3.05, 3.63) is 35.4 Å². The number of fused-ring (bicyclic) bond motifs is 1. The second kappa shape index (κ2) is 5.84. The van der Waals surface area contributed by atoms with E-state index in [-0.39, 0.29) is 18.2 Å².